The minimum Gasteiger partial charge on any atom is -0.497 e. The Kier molecular flexibility index (Phi) is 6.77. The molecule has 2 N–H and O–H groups in total. The molecule has 3 aromatic rings. The van der Waals surface area contributed by atoms with Gasteiger partial charge in [0.15, 0.2) is 0 Å². The number of aromatic nitrogens is 1. The molecule has 8 heteroatoms. The van der Waals surface area contributed by atoms with E-state index in [2.05, 4.69) is 10.3 Å². The van der Waals surface area contributed by atoms with Crippen LogP contribution < -0.4 is 14.8 Å². The largest absolute Gasteiger partial charge is 0.497 e. The summed E-state index contributed by atoms with van der Waals surface area (Å²) in [5.41, 5.74) is 1.62. The molecule has 0 unspecified atom stereocenters. The number of methoxy groups -OCH3 is 1. The van der Waals surface area contributed by atoms with E-state index in [1.165, 1.54) is 18.3 Å². The molecule has 31 heavy (non-hydrogen) atoms. The third kappa shape index (κ3) is 5.32. The summed E-state index contributed by atoms with van der Waals surface area (Å²) >= 11 is 6.06. The van der Waals surface area contributed by atoms with Gasteiger partial charge >= 0.3 is 5.97 Å². The maximum atomic E-state index is 13.0. The van der Waals surface area contributed by atoms with Gasteiger partial charge < -0.3 is 19.9 Å². The normalized spacial score (nSPS) is 11.5. The molecule has 160 valence electrons. The average Bonchev–Trinajstić information content (AvgIpc) is 2.74. The summed E-state index contributed by atoms with van der Waals surface area (Å²) in [5, 5.41) is 12.5. The number of nitrogens with zero attached hydrogens (tertiary/aromatic N) is 1. The van der Waals surface area contributed by atoms with Gasteiger partial charge in [-0.05, 0) is 49.2 Å². The molecule has 1 aromatic heterocycles. The third-order valence-corrected chi connectivity index (χ3v) is 4.75. The zero-order chi connectivity index (χ0) is 22.5. The second kappa shape index (κ2) is 9.49. The van der Waals surface area contributed by atoms with Crippen LogP contribution in [0, 0.1) is 6.92 Å². The van der Waals surface area contributed by atoms with E-state index in [9.17, 15) is 14.7 Å². The first-order valence-electron chi connectivity index (χ1n) is 9.40. The lowest BCUT2D eigenvalue weighted by molar-refractivity contribution is 0.0693. The van der Waals surface area contributed by atoms with E-state index in [-0.39, 0.29) is 22.0 Å². The van der Waals surface area contributed by atoms with Crippen molar-refractivity contribution in [2.24, 2.45) is 0 Å². The minimum absolute atomic E-state index is 0.0632. The minimum atomic E-state index is -1.07. The SMILES string of the molecule is COc1cc(C)cc(Oc2ncc(Cl)cc2C(=O)N[C@@H](C)c2ccccc2C(=O)O)c1. The summed E-state index contributed by atoms with van der Waals surface area (Å²) in [6.45, 7) is 3.59. The van der Waals surface area contributed by atoms with Crippen LogP contribution in [-0.4, -0.2) is 29.1 Å². The summed E-state index contributed by atoms with van der Waals surface area (Å²) in [5.74, 6) is -0.456. The van der Waals surface area contributed by atoms with Crippen molar-refractivity contribution in [1.29, 1.82) is 0 Å². The highest BCUT2D eigenvalue weighted by atomic mass is 35.5. The molecule has 2 aromatic carbocycles. The molecule has 3 rings (SSSR count). The molecule has 0 aliphatic carbocycles. The standard InChI is InChI=1S/C23H21ClN2O5/c1-13-8-16(30-3)11-17(9-13)31-22-20(10-15(24)12-25-22)21(27)26-14(2)18-6-4-5-7-19(18)23(28)29/h4-12,14H,1-3H3,(H,26,27)(H,28,29)/t14-/m0/s1. The monoisotopic (exact) mass is 440 g/mol. The maximum Gasteiger partial charge on any atom is 0.336 e. The van der Waals surface area contributed by atoms with E-state index in [1.54, 1.807) is 44.4 Å². The first-order valence-corrected chi connectivity index (χ1v) is 9.78. The van der Waals surface area contributed by atoms with Crippen LogP contribution in [0.25, 0.3) is 0 Å². The van der Waals surface area contributed by atoms with Gasteiger partial charge in [0.1, 0.15) is 17.1 Å². The number of carbonyl (C=O) groups excluding carboxylic acids is 1. The lowest BCUT2D eigenvalue weighted by Crippen LogP contribution is -2.28. The third-order valence-electron chi connectivity index (χ3n) is 4.54. The smallest absolute Gasteiger partial charge is 0.336 e. The van der Waals surface area contributed by atoms with Crippen molar-refractivity contribution in [2.75, 3.05) is 7.11 Å². The highest BCUT2D eigenvalue weighted by Crippen LogP contribution is 2.30. The quantitative estimate of drug-likeness (QED) is 0.534. The summed E-state index contributed by atoms with van der Waals surface area (Å²) in [6, 6.07) is 12.7. The Balaban J connectivity index is 1.89. The van der Waals surface area contributed by atoms with Crippen LogP contribution in [0.2, 0.25) is 5.02 Å². The Morgan fingerprint density at radius 1 is 1.10 bits per heavy atom. The van der Waals surface area contributed by atoms with Crippen molar-refractivity contribution in [3.8, 4) is 17.4 Å². The molecule has 0 saturated heterocycles. The van der Waals surface area contributed by atoms with E-state index in [1.807, 2.05) is 13.0 Å². The number of hydrogen-bond donors (Lipinski definition) is 2. The number of aryl methyl sites for hydroxylation is 1. The molecule has 0 spiro atoms. The van der Waals surface area contributed by atoms with Gasteiger partial charge in [-0.1, -0.05) is 29.8 Å². The lowest BCUT2D eigenvalue weighted by Gasteiger charge is -2.18. The van der Waals surface area contributed by atoms with Gasteiger partial charge in [-0.15, -0.1) is 0 Å². The van der Waals surface area contributed by atoms with Crippen molar-refractivity contribution in [3.63, 3.8) is 0 Å². The second-order valence-electron chi connectivity index (χ2n) is 6.88. The molecular weight excluding hydrogens is 420 g/mol. The van der Waals surface area contributed by atoms with Crippen LogP contribution in [0.5, 0.6) is 17.4 Å². The molecule has 0 aliphatic rings. The van der Waals surface area contributed by atoms with E-state index in [0.717, 1.165) is 5.56 Å². The van der Waals surface area contributed by atoms with E-state index in [4.69, 9.17) is 21.1 Å². The number of ether oxygens (including phenoxy) is 2. The van der Waals surface area contributed by atoms with Gasteiger partial charge in [-0.25, -0.2) is 9.78 Å². The number of hydrogen-bond acceptors (Lipinski definition) is 5. The van der Waals surface area contributed by atoms with Gasteiger partial charge in [-0.3, -0.25) is 4.79 Å². The van der Waals surface area contributed by atoms with Crippen molar-refractivity contribution >= 4 is 23.5 Å². The van der Waals surface area contributed by atoms with E-state index < -0.39 is 17.9 Å². The molecule has 0 aliphatic heterocycles. The summed E-state index contributed by atoms with van der Waals surface area (Å²) in [7, 11) is 1.55. The fourth-order valence-corrected chi connectivity index (χ4v) is 3.25. The number of pyridine rings is 1. The zero-order valence-electron chi connectivity index (χ0n) is 17.2. The highest BCUT2D eigenvalue weighted by molar-refractivity contribution is 6.30. The predicted octanol–water partition coefficient (Wildman–Crippen LogP) is 5.03. The molecule has 1 heterocycles. The lowest BCUT2D eigenvalue weighted by atomic mass is 10.0. The molecular formula is C23H21ClN2O5. The Morgan fingerprint density at radius 3 is 2.52 bits per heavy atom. The Morgan fingerprint density at radius 2 is 1.81 bits per heavy atom. The summed E-state index contributed by atoms with van der Waals surface area (Å²) in [4.78, 5) is 28.6. The number of nitrogens with one attached hydrogen (secondary N) is 1. The molecule has 0 saturated carbocycles. The van der Waals surface area contributed by atoms with Gasteiger partial charge in [0, 0.05) is 12.3 Å². The van der Waals surface area contributed by atoms with Crippen LogP contribution in [0.3, 0.4) is 0 Å². The van der Waals surface area contributed by atoms with Gasteiger partial charge in [0.05, 0.1) is 23.7 Å². The van der Waals surface area contributed by atoms with Crippen molar-refractivity contribution in [2.45, 2.75) is 19.9 Å². The predicted molar refractivity (Wildman–Crippen MR) is 116 cm³/mol. The number of aromatic carboxylic acids is 1. The van der Waals surface area contributed by atoms with Crippen LogP contribution in [0.15, 0.2) is 54.7 Å². The van der Waals surface area contributed by atoms with Gasteiger partial charge in [-0.2, -0.15) is 0 Å². The molecule has 1 amide bonds. The number of carboxylic acids is 1. The molecule has 1 atom stereocenters. The number of halogens is 1. The molecule has 0 bridgehead atoms. The highest BCUT2D eigenvalue weighted by Gasteiger charge is 2.21. The average molecular weight is 441 g/mol. The summed E-state index contributed by atoms with van der Waals surface area (Å²) < 4.78 is 11.1. The molecule has 0 radical (unpaired) electrons. The summed E-state index contributed by atoms with van der Waals surface area (Å²) in [6.07, 6.45) is 1.38. The maximum absolute atomic E-state index is 13.0. The van der Waals surface area contributed by atoms with Crippen LogP contribution in [0.4, 0.5) is 0 Å². The number of rotatable bonds is 7. The van der Waals surface area contributed by atoms with Crippen molar-refractivity contribution in [1.82, 2.24) is 10.3 Å². The zero-order valence-corrected chi connectivity index (χ0v) is 17.9. The fraction of sp³-hybridized carbons (Fsp3) is 0.174. The number of carboxylic acid groups (broad SMARTS) is 1. The van der Waals surface area contributed by atoms with Gasteiger partial charge in [0.25, 0.3) is 5.91 Å². The van der Waals surface area contributed by atoms with Crippen LogP contribution >= 0.6 is 11.6 Å². The molecule has 0 fully saturated rings. The number of benzene rings is 2. The first-order chi connectivity index (χ1) is 14.8. The topological polar surface area (TPSA) is 97.8 Å². The second-order valence-corrected chi connectivity index (χ2v) is 7.32. The Bertz CT molecular complexity index is 1130. The number of amides is 1. The van der Waals surface area contributed by atoms with Crippen molar-refractivity contribution in [3.05, 3.63) is 82.0 Å². The number of carbonyl (C=O) groups is 2. The van der Waals surface area contributed by atoms with Crippen LogP contribution in [-0.2, 0) is 0 Å². The molecule has 7 nitrogen and oxygen atoms in total. The van der Waals surface area contributed by atoms with E-state index >= 15 is 0 Å². The van der Waals surface area contributed by atoms with Crippen LogP contribution in [0.1, 0.15) is 44.8 Å². The fourth-order valence-electron chi connectivity index (χ4n) is 3.09. The van der Waals surface area contributed by atoms with Crippen molar-refractivity contribution < 1.29 is 24.2 Å². The first kappa shape index (κ1) is 22.1. The Hall–Kier alpha value is -3.58. The van der Waals surface area contributed by atoms with E-state index in [0.29, 0.717) is 17.1 Å². The Labute approximate surface area is 184 Å². The van der Waals surface area contributed by atoms with Gasteiger partial charge in [0.2, 0.25) is 5.88 Å².